The van der Waals surface area contributed by atoms with Gasteiger partial charge in [-0.1, -0.05) is 38.3 Å². The highest BCUT2D eigenvalue weighted by atomic mass is 16.2. The number of allylic oxidation sites excluding steroid dienone is 1. The van der Waals surface area contributed by atoms with Crippen LogP contribution in [0.3, 0.4) is 0 Å². The average Bonchev–Trinajstić information content (AvgIpc) is 2.10. The molecule has 0 aliphatic heterocycles. The Bertz CT molecular complexity index is 143. The third-order valence-corrected chi connectivity index (χ3v) is 1.36. The van der Waals surface area contributed by atoms with Crippen molar-refractivity contribution in [3.8, 4) is 0 Å². The number of unbranched alkanes of at least 4 members (excludes halogenated alkanes) is 3. The van der Waals surface area contributed by atoms with E-state index in [4.69, 9.17) is 7.85 Å². The molecule has 0 bridgehead atoms. The van der Waals surface area contributed by atoms with Crippen molar-refractivity contribution >= 4 is 0 Å². The van der Waals surface area contributed by atoms with Gasteiger partial charge in [-0.2, -0.15) is 0 Å². The van der Waals surface area contributed by atoms with Crippen LogP contribution in [0.4, 0.5) is 0 Å². The molecule has 0 radical (unpaired) electrons. The Morgan fingerprint density at radius 2 is 2.10 bits per heavy atom. The highest BCUT2D eigenvalue weighted by Gasteiger charge is 1.82. The molecule has 1 heteroatoms. The van der Waals surface area contributed by atoms with E-state index in [-0.39, 0.29) is 18.7 Å². The number of aliphatic hydroxyl groups is 1. The SMILES string of the molecule is [2H]C(CO)=C([2H])CCCCCC. The molecule has 0 atom stereocenters. The lowest BCUT2D eigenvalue weighted by atomic mass is 10.1. The predicted octanol–water partition coefficient (Wildman–Crippen LogP) is 2.51. The van der Waals surface area contributed by atoms with Crippen molar-refractivity contribution < 1.29 is 7.85 Å². The van der Waals surface area contributed by atoms with Gasteiger partial charge in [-0.05, 0) is 12.8 Å². The van der Waals surface area contributed by atoms with Crippen LogP contribution in [0.1, 0.15) is 41.8 Å². The lowest BCUT2D eigenvalue weighted by Crippen LogP contribution is -1.75. The summed E-state index contributed by atoms with van der Waals surface area (Å²) in [6, 6.07) is 0.347. The molecule has 0 aliphatic rings. The number of aliphatic hydroxyl groups excluding tert-OH is 1. The van der Waals surface area contributed by atoms with Crippen molar-refractivity contribution in [2.24, 2.45) is 0 Å². The summed E-state index contributed by atoms with van der Waals surface area (Å²) in [5, 5.41) is 8.54. The van der Waals surface area contributed by atoms with Crippen molar-refractivity contribution in [2.75, 3.05) is 6.61 Å². The van der Waals surface area contributed by atoms with E-state index in [2.05, 4.69) is 6.92 Å². The maximum Gasteiger partial charge on any atom is 0.0612 e. The van der Waals surface area contributed by atoms with Gasteiger partial charge in [0.05, 0.1) is 9.35 Å². The minimum absolute atomic E-state index is 0.0616. The van der Waals surface area contributed by atoms with E-state index in [0.29, 0.717) is 6.42 Å². The zero-order valence-corrected chi connectivity index (χ0v) is 6.69. The molecule has 0 aromatic rings. The fourth-order valence-electron chi connectivity index (χ4n) is 0.784. The average molecular weight is 144 g/mol. The zero-order valence-electron chi connectivity index (χ0n) is 8.69. The highest BCUT2D eigenvalue weighted by Crippen LogP contribution is 2.02. The van der Waals surface area contributed by atoms with Crippen LogP contribution in [-0.2, 0) is 0 Å². The second-order valence-electron chi connectivity index (χ2n) is 2.32. The minimum Gasteiger partial charge on any atom is -0.392 e. The molecule has 0 fully saturated rings. The second-order valence-corrected chi connectivity index (χ2v) is 2.32. The predicted molar refractivity (Wildman–Crippen MR) is 45.0 cm³/mol. The van der Waals surface area contributed by atoms with Gasteiger partial charge in [0, 0.05) is 0 Å². The van der Waals surface area contributed by atoms with Crippen molar-refractivity contribution in [1.82, 2.24) is 0 Å². The van der Waals surface area contributed by atoms with Crippen LogP contribution in [-0.4, -0.2) is 11.7 Å². The van der Waals surface area contributed by atoms with E-state index < -0.39 is 0 Å². The summed E-state index contributed by atoms with van der Waals surface area (Å²) in [5.41, 5.74) is 0. The third kappa shape index (κ3) is 7.70. The molecule has 0 rings (SSSR count). The van der Waals surface area contributed by atoms with E-state index in [1.807, 2.05) is 0 Å². The van der Waals surface area contributed by atoms with Crippen LogP contribution in [0.15, 0.2) is 12.1 Å². The van der Waals surface area contributed by atoms with E-state index in [1.54, 1.807) is 0 Å². The maximum absolute atomic E-state index is 8.54. The Morgan fingerprint density at radius 3 is 2.70 bits per heavy atom. The Labute approximate surface area is 66.6 Å². The normalized spacial score (nSPS) is 15.8. The molecule has 60 valence electrons. The molecule has 0 heterocycles. The fraction of sp³-hybridized carbons (Fsp3) is 0.778. The van der Waals surface area contributed by atoms with Gasteiger partial charge in [0.15, 0.2) is 0 Å². The van der Waals surface area contributed by atoms with E-state index >= 15 is 0 Å². The molecule has 0 unspecified atom stereocenters. The number of hydrogen-bond donors (Lipinski definition) is 1. The van der Waals surface area contributed by atoms with Crippen molar-refractivity contribution in [3.05, 3.63) is 12.1 Å². The largest absolute Gasteiger partial charge is 0.392 e. The molecule has 0 spiro atoms. The molecule has 0 saturated carbocycles. The topological polar surface area (TPSA) is 20.2 Å². The first-order chi connectivity index (χ1) is 5.72. The van der Waals surface area contributed by atoms with Crippen molar-refractivity contribution in [3.63, 3.8) is 0 Å². The molecular weight excluding hydrogens is 124 g/mol. The third-order valence-electron chi connectivity index (χ3n) is 1.36. The first-order valence-corrected chi connectivity index (χ1v) is 3.98. The van der Waals surface area contributed by atoms with Gasteiger partial charge >= 0.3 is 0 Å². The van der Waals surface area contributed by atoms with Gasteiger partial charge in [-0.25, -0.2) is 0 Å². The first kappa shape index (κ1) is 6.41. The standard InChI is InChI=1S/C9H18O/c1-2-3-4-5-6-7-8-9-10/h7-8,10H,2-6,9H2,1H3/i7D,8D. The van der Waals surface area contributed by atoms with Gasteiger partial charge in [0.1, 0.15) is 0 Å². The Balaban J connectivity index is 3.49. The summed E-state index contributed by atoms with van der Waals surface area (Å²) in [6.07, 6.45) is 5.11. The van der Waals surface area contributed by atoms with Gasteiger partial charge in [0.2, 0.25) is 0 Å². The lowest BCUT2D eigenvalue weighted by Gasteiger charge is -1.92. The Hall–Kier alpha value is -0.300. The summed E-state index contributed by atoms with van der Waals surface area (Å²) < 4.78 is 14.5. The molecular formula is C9H18O. The van der Waals surface area contributed by atoms with Crippen LogP contribution in [0, 0.1) is 0 Å². The molecule has 0 aliphatic carbocycles. The Kier molecular flexibility index (Phi) is 5.58. The van der Waals surface area contributed by atoms with Gasteiger partial charge in [-0.15, -0.1) is 0 Å². The van der Waals surface area contributed by atoms with Crippen molar-refractivity contribution in [2.45, 2.75) is 39.0 Å². The molecule has 0 aromatic carbocycles. The number of rotatable bonds is 6. The van der Waals surface area contributed by atoms with E-state index in [1.165, 1.54) is 12.8 Å². The van der Waals surface area contributed by atoms with Crippen LogP contribution < -0.4 is 0 Å². The quantitative estimate of drug-likeness (QED) is 0.448. The van der Waals surface area contributed by atoms with Gasteiger partial charge in [-0.3, -0.25) is 0 Å². The van der Waals surface area contributed by atoms with E-state index in [9.17, 15) is 0 Å². The molecule has 10 heavy (non-hydrogen) atoms. The fourth-order valence-corrected chi connectivity index (χ4v) is 0.784. The second kappa shape index (κ2) is 8.70. The zero-order chi connectivity index (χ0) is 9.40. The summed E-state index contributed by atoms with van der Waals surface area (Å²) in [7, 11) is 0. The van der Waals surface area contributed by atoms with E-state index in [0.717, 1.165) is 12.8 Å². The van der Waals surface area contributed by atoms with Crippen LogP contribution >= 0.6 is 0 Å². The smallest absolute Gasteiger partial charge is 0.0612 e. The summed E-state index contributed by atoms with van der Waals surface area (Å²) in [4.78, 5) is 0. The van der Waals surface area contributed by atoms with Crippen LogP contribution in [0.2, 0.25) is 0 Å². The summed E-state index contributed by atoms with van der Waals surface area (Å²) in [6.45, 7) is 1.84. The first-order valence-electron chi connectivity index (χ1n) is 4.98. The minimum atomic E-state index is -0.299. The summed E-state index contributed by atoms with van der Waals surface area (Å²) in [5.74, 6) is 0. The van der Waals surface area contributed by atoms with Gasteiger partial charge < -0.3 is 5.11 Å². The van der Waals surface area contributed by atoms with Gasteiger partial charge in [0.25, 0.3) is 0 Å². The number of hydrogen-bond acceptors (Lipinski definition) is 1. The summed E-state index contributed by atoms with van der Waals surface area (Å²) >= 11 is 0. The molecule has 0 amide bonds. The van der Waals surface area contributed by atoms with Crippen LogP contribution in [0.25, 0.3) is 0 Å². The lowest BCUT2D eigenvalue weighted by molar-refractivity contribution is 0.342. The maximum atomic E-state index is 8.54. The molecule has 0 aromatic heterocycles. The monoisotopic (exact) mass is 144 g/mol. The molecule has 1 N–H and O–H groups in total. The van der Waals surface area contributed by atoms with Crippen molar-refractivity contribution in [1.29, 1.82) is 0 Å². The molecule has 1 nitrogen and oxygen atoms in total. The Morgan fingerprint density at radius 1 is 1.30 bits per heavy atom. The highest BCUT2D eigenvalue weighted by molar-refractivity contribution is 4.80. The van der Waals surface area contributed by atoms with Crippen LogP contribution in [0.5, 0.6) is 0 Å². The molecule has 0 saturated heterocycles.